The predicted molar refractivity (Wildman–Crippen MR) is 127 cm³/mol. The van der Waals surface area contributed by atoms with Crippen molar-refractivity contribution in [3.05, 3.63) is 76.2 Å². The fourth-order valence-corrected chi connectivity index (χ4v) is 4.28. The molecule has 0 aliphatic carbocycles. The number of carbonyl (C=O) groups excluding carboxylic acids is 1. The Morgan fingerprint density at radius 1 is 0.969 bits per heavy atom. The number of hydrogen-bond donors (Lipinski definition) is 1. The van der Waals surface area contributed by atoms with Crippen LogP contribution in [0.3, 0.4) is 0 Å². The molecular weight excluding hydrogens is 400 g/mol. The van der Waals surface area contributed by atoms with E-state index >= 15 is 0 Å². The quantitative estimate of drug-likeness (QED) is 0.479. The van der Waals surface area contributed by atoms with Crippen molar-refractivity contribution in [2.75, 3.05) is 12.4 Å². The first-order valence-corrected chi connectivity index (χ1v) is 10.6. The molecule has 164 valence electrons. The summed E-state index contributed by atoms with van der Waals surface area (Å²) in [5.41, 5.74) is 9.89. The van der Waals surface area contributed by atoms with Crippen molar-refractivity contribution in [3.63, 3.8) is 0 Å². The first-order chi connectivity index (χ1) is 15.3. The van der Waals surface area contributed by atoms with Gasteiger partial charge >= 0.3 is 0 Å². The molecule has 0 aliphatic rings. The second kappa shape index (κ2) is 8.46. The van der Waals surface area contributed by atoms with E-state index in [1.165, 1.54) is 22.3 Å². The maximum atomic E-state index is 12.6. The summed E-state index contributed by atoms with van der Waals surface area (Å²) in [5.74, 6) is 0.664. The second-order valence-corrected chi connectivity index (χ2v) is 8.32. The monoisotopic (exact) mass is 428 g/mol. The number of rotatable bonds is 5. The van der Waals surface area contributed by atoms with Gasteiger partial charge in [0.1, 0.15) is 5.75 Å². The Morgan fingerprint density at radius 2 is 1.62 bits per heavy atom. The molecule has 0 fully saturated rings. The van der Waals surface area contributed by atoms with Crippen molar-refractivity contribution < 1.29 is 9.53 Å². The molecular formula is C26H28N4O2. The summed E-state index contributed by atoms with van der Waals surface area (Å²) in [6, 6.07) is 11.9. The molecule has 4 aromatic rings. The van der Waals surface area contributed by atoms with Crippen molar-refractivity contribution in [1.29, 1.82) is 0 Å². The van der Waals surface area contributed by atoms with Crippen molar-refractivity contribution in [3.8, 4) is 16.9 Å². The molecule has 4 rings (SSSR count). The van der Waals surface area contributed by atoms with E-state index in [2.05, 4.69) is 38.2 Å². The van der Waals surface area contributed by atoms with Crippen molar-refractivity contribution in [2.24, 2.45) is 0 Å². The van der Waals surface area contributed by atoms with E-state index < -0.39 is 0 Å². The summed E-state index contributed by atoms with van der Waals surface area (Å²) >= 11 is 0. The molecule has 0 unspecified atom stereocenters. The van der Waals surface area contributed by atoms with E-state index in [9.17, 15) is 4.79 Å². The van der Waals surface area contributed by atoms with Crippen LogP contribution in [0.1, 0.15) is 33.6 Å². The van der Waals surface area contributed by atoms with Gasteiger partial charge in [0.25, 0.3) is 0 Å². The van der Waals surface area contributed by atoms with Crippen LogP contribution in [-0.2, 0) is 11.2 Å². The highest BCUT2D eigenvalue weighted by Gasteiger charge is 2.19. The van der Waals surface area contributed by atoms with Crippen molar-refractivity contribution in [2.45, 2.75) is 41.0 Å². The third-order valence-corrected chi connectivity index (χ3v) is 5.70. The molecule has 0 aliphatic heterocycles. The van der Waals surface area contributed by atoms with Gasteiger partial charge < -0.3 is 10.1 Å². The van der Waals surface area contributed by atoms with Crippen LogP contribution in [0.15, 0.2) is 42.6 Å². The van der Waals surface area contributed by atoms with Crippen molar-refractivity contribution in [1.82, 2.24) is 14.6 Å². The number of ether oxygens (including phenoxy) is 1. The molecule has 0 atom stereocenters. The summed E-state index contributed by atoms with van der Waals surface area (Å²) in [6.45, 7) is 10.3. The van der Waals surface area contributed by atoms with E-state index in [-0.39, 0.29) is 12.3 Å². The number of methoxy groups -OCH3 is 1. The number of anilines is 1. The Hall–Kier alpha value is -3.67. The van der Waals surface area contributed by atoms with Gasteiger partial charge in [-0.3, -0.25) is 4.79 Å². The molecule has 2 heterocycles. The Labute approximate surface area is 188 Å². The highest BCUT2D eigenvalue weighted by atomic mass is 16.5. The van der Waals surface area contributed by atoms with Gasteiger partial charge in [0, 0.05) is 0 Å². The molecule has 0 spiro atoms. The molecule has 0 saturated carbocycles. The van der Waals surface area contributed by atoms with Gasteiger partial charge in [-0.05, 0) is 69.0 Å². The second-order valence-electron chi connectivity index (χ2n) is 8.32. The molecule has 0 bridgehead atoms. The number of benzene rings is 2. The lowest BCUT2D eigenvalue weighted by Crippen LogP contribution is -2.16. The van der Waals surface area contributed by atoms with Gasteiger partial charge in [-0.1, -0.05) is 29.8 Å². The van der Waals surface area contributed by atoms with Crippen LogP contribution in [0.25, 0.3) is 16.8 Å². The molecule has 6 nitrogen and oxygen atoms in total. The van der Waals surface area contributed by atoms with Crippen molar-refractivity contribution >= 4 is 17.2 Å². The maximum Gasteiger partial charge on any atom is 0.228 e. The third kappa shape index (κ3) is 4.08. The molecule has 1 N–H and O–H groups in total. The minimum Gasteiger partial charge on any atom is -0.497 e. The lowest BCUT2D eigenvalue weighted by Gasteiger charge is -2.12. The maximum absolute atomic E-state index is 12.6. The lowest BCUT2D eigenvalue weighted by atomic mass is 9.94. The number of nitrogens with one attached hydrogen (secondary N) is 1. The van der Waals surface area contributed by atoms with Gasteiger partial charge in [-0.2, -0.15) is 5.10 Å². The normalized spacial score (nSPS) is 11.1. The smallest absolute Gasteiger partial charge is 0.228 e. The topological polar surface area (TPSA) is 68.5 Å². The summed E-state index contributed by atoms with van der Waals surface area (Å²) in [5, 5.41) is 7.68. The van der Waals surface area contributed by atoms with E-state index in [0.29, 0.717) is 5.69 Å². The largest absolute Gasteiger partial charge is 0.497 e. The fourth-order valence-electron chi connectivity index (χ4n) is 4.28. The van der Waals surface area contributed by atoms with E-state index in [0.717, 1.165) is 33.9 Å². The summed E-state index contributed by atoms with van der Waals surface area (Å²) in [7, 11) is 1.62. The average molecular weight is 429 g/mol. The molecule has 6 heteroatoms. The molecule has 2 aromatic heterocycles. The molecule has 32 heavy (non-hydrogen) atoms. The van der Waals surface area contributed by atoms with Gasteiger partial charge in [0.05, 0.1) is 42.4 Å². The third-order valence-electron chi connectivity index (χ3n) is 5.70. The lowest BCUT2D eigenvalue weighted by molar-refractivity contribution is -0.115. The Kier molecular flexibility index (Phi) is 5.70. The van der Waals surface area contributed by atoms with Gasteiger partial charge in [-0.15, -0.1) is 0 Å². The van der Waals surface area contributed by atoms with E-state index in [1.807, 2.05) is 44.3 Å². The van der Waals surface area contributed by atoms with Crippen LogP contribution in [0.2, 0.25) is 0 Å². The SMILES string of the molecule is COc1ccc(CC(=O)Nc2cn3nc(C)c(-c4c(C)cc(C)cc4C)c3nc2C)cc1. The van der Waals surface area contributed by atoms with Crippen LogP contribution in [-0.4, -0.2) is 27.6 Å². The molecule has 0 radical (unpaired) electrons. The summed E-state index contributed by atoms with van der Waals surface area (Å²) < 4.78 is 6.94. The predicted octanol–water partition coefficient (Wildman–Crippen LogP) is 5.13. The number of hydrogen-bond acceptors (Lipinski definition) is 4. The number of aryl methyl sites for hydroxylation is 5. The van der Waals surface area contributed by atoms with Crippen LogP contribution in [0.4, 0.5) is 5.69 Å². The zero-order valence-electron chi connectivity index (χ0n) is 19.4. The van der Waals surface area contributed by atoms with Crippen LogP contribution in [0.5, 0.6) is 5.75 Å². The standard InChI is InChI=1S/C26H28N4O2/c1-15-11-16(2)24(17(3)12-15)25-19(5)29-30-14-22(18(4)27-26(25)30)28-23(31)13-20-7-9-21(32-6)10-8-20/h7-12,14H,13H2,1-6H3,(H,28,31). The molecule has 1 amide bonds. The summed E-state index contributed by atoms with van der Waals surface area (Å²) in [6.07, 6.45) is 2.12. The fraction of sp³-hybridized carbons (Fsp3) is 0.269. The highest BCUT2D eigenvalue weighted by Crippen LogP contribution is 2.34. The highest BCUT2D eigenvalue weighted by molar-refractivity contribution is 5.93. The minimum absolute atomic E-state index is 0.103. The minimum atomic E-state index is -0.103. The van der Waals surface area contributed by atoms with Crippen LogP contribution in [0, 0.1) is 34.6 Å². The number of fused-ring (bicyclic) bond motifs is 1. The van der Waals surface area contributed by atoms with Crippen LogP contribution < -0.4 is 10.1 Å². The van der Waals surface area contributed by atoms with Gasteiger partial charge in [0.15, 0.2) is 5.65 Å². The first-order valence-electron chi connectivity index (χ1n) is 10.6. The summed E-state index contributed by atoms with van der Waals surface area (Å²) in [4.78, 5) is 17.5. The first kappa shape index (κ1) is 21.6. The Balaban J connectivity index is 1.66. The Bertz CT molecular complexity index is 1300. The molecule has 2 aromatic carbocycles. The zero-order chi connectivity index (χ0) is 23.0. The van der Waals surface area contributed by atoms with E-state index in [1.54, 1.807) is 11.6 Å². The average Bonchev–Trinajstić information content (AvgIpc) is 3.03. The number of aromatic nitrogens is 3. The number of amides is 1. The Morgan fingerprint density at radius 3 is 2.25 bits per heavy atom. The number of nitrogens with zero attached hydrogens (tertiary/aromatic N) is 3. The zero-order valence-corrected chi connectivity index (χ0v) is 19.4. The molecule has 0 saturated heterocycles. The van der Waals surface area contributed by atoms with E-state index in [4.69, 9.17) is 14.8 Å². The van der Waals surface area contributed by atoms with Gasteiger partial charge in [-0.25, -0.2) is 9.50 Å². The van der Waals surface area contributed by atoms with Crippen LogP contribution >= 0.6 is 0 Å². The van der Waals surface area contributed by atoms with Gasteiger partial charge in [0.2, 0.25) is 5.91 Å². The number of carbonyl (C=O) groups is 1.